The first-order valence-electron chi connectivity index (χ1n) is 9.39. The van der Waals surface area contributed by atoms with E-state index in [9.17, 15) is 9.59 Å². The Kier molecular flexibility index (Phi) is 6.83. The summed E-state index contributed by atoms with van der Waals surface area (Å²) in [7, 11) is 0. The van der Waals surface area contributed by atoms with Crippen LogP contribution in [-0.4, -0.2) is 29.8 Å². The number of nitrogens with zero attached hydrogens (tertiary/aromatic N) is 1. The number of nitrogens with one attached hydrogen (secondary N) is 1. The first-order valence-corrected chi connectivity index (χ1v) is 10.3. The molecule has 2 amide bonds. The topological polar surface area (TPSA) is 49.4 Å². The molecule has 1 atom stereocenters. The molecule has 0 bridgehead atoms. The highest BCUT2D eigenvalue weighted by Gasteiger charge is 2.28. The fourth-order valence-electron chi connectivity index (χ4n) is 3.33. The largest absolute Gasteiger partial charge is 0.341 e. The highest BCUT2D eigenvalue weighted by Crippen LogP contribution is 2.20. The van der Waals surface area contributed by atoms with Crippen molar-refractivity contribution in [2.24, 2.45) is 0 Å². The molecule has 1 aromatic carbocycles. The average molecular weight is 371 g/mol. The lowest BCUT2D eigenvalue weighted by Crippen LogP contribution is -2.41. The Hall–Kier alpha value is -2.14. The predicted molar refractivity (Wildman–Crippen MR) is 105 cm³/mol. The molecule has 5 heteroatoms. The van der Waals surface area contributed by atoms with Crippen LogP contribution < -0.4 is 5.32 Å². The van der Waals surface area contributed by atoms with Crippen LogP contribution in [0.25, 0.3) is 0 Å². The van der Waals surface area contributed by atoms with Crippen LogP contribution in [0.4, 0.5) is 0 Å². The summed E-state index contributed by atoms with van der Waals surface area (Å²) in [5, 5.41) is 5.06. The molecule has 0 spiro atoms. The summed E-state index contributed by atoms with van der Waals surface area (Å²) in [6.07, 6.45) is 5.39. The third kappa shape index (κ3) is 5.18. The average Bonchev–Trinajstić information content (AvgIpc) is 3.37. The molecule has 4 nitrogen and oxygen atoms in total. The van der Waals surface area contributed by atoms with Gasteiger partial charge in [0.25, 0.3) is 0 Å². The van der Waals surface area contributed by atoms with Gasteiger partial charge in [-0.3, -0.25) is 9.59 Å². The molecule has 1 saturated heterocycles. The molecular formula is C21H26N2O2S. The molecule has 2 aromatic rings. The normalized spacial score (nSPS) is 15.0. The van der Waals surface area contributed by atoms with E-state index < -0.39 is 6.04 Å². The summed E-state index contributed by atoms with van der Waals surface area (Å²) in [5.74, 6) is -0.0294. The van der Waals surface area contributed by atoms with E-state index in [4.69, 9.17) is 0 Å². The van der Waals surface area contributed by atoms with E-state index in [1.165, 1.54) is 4.88 Å². The van der Waals surface area contributed by atoms with Crippen LogP contribution >= 0.6 is 11.3 Å². The maximum atomic E-state index is 12.9. The predicted octanol–water partition coefficient (Wildman–Crippen LogP) is 3.94. The van der Waals surface area contributed by atoms with Crippen LogP contribution in [-0.2, 0) is 16.0 Å². The maximum absolute atomic E-state index is 12.9. The highest BCUT2D eigenvalue weighted by molar-refractivity contribution is 7.09. The number of carbonyl (C=O) groups excluding carboxylic acids is 2. The van der Waals surface area contributed by atoms with E-state index in [1.54, 1.807) is 11.3 Å². The van der Waals surface area contributed by atoms with Crippen LogP contribution in [0, 0.1) is 0 Å². The van der Waals surface area contributed by atoms with Gasteiger partial charge in [0.1, 0.15) is 6.04 Å². The number of rotatable bonds is 8. The molecule has 0 aliphatic carbocycles. The number of unbranched alkanes of at least 4 members (excludes halogenated alkanes) is 1. The van der Waals surface area contributed by atoms with E-state index in [1.807, 2.05) is 35.2 Å². The van der Waals surface area contributed by atoms with Gasteiger partial charge in [-0.25, -0.2) is 0 Å². The first-order chi connectivity index (χ1) is 12.7. The van der Waals surface area contributed by atoms with E-state index in [0.717, 1.165) is 50.8 Å². The Bertz CT molecular complexity index is 694. The summed E-state index contributed by atoms with van der Waals surface area (Å²) in [6, 6.07) is 13.2. The Balaban J connectivity index is 1.54. The summed E-state index contributed by atoms with van der Waals surface area (Å²) in [6.45, 7) is 1.58. The van der Waals surface area contributed by atoms with E-state index in [2.05, 4.69) is 22.8 Å². The van der Waals surface area contributed by atoms with Gasteiger partial charge < -0.3 is 10.2 Å². The second-order valence-electron chi connectivity index (χ2n) is 6.73. The molecule has 1 aromatic heterocycles. The lowest BCUT2D eigenvalue weighted by molar-refractivity contribution is -0.135. The number of amides is 2. The molecule has 0 saturated carbocycles. The van der Waals surface area contributed by atoms with Gasteiger partial charge >= 0.3 is 0 Å². The molecule has 1 fully saturated rings. The first kappa shape index (κ1) is 18.6. The Morgan fingerprint density at radius 3 is 2.50 bits per heavy atom. The van der Waals surface area contributed by atoms with Gasteiger partial charge in [-0.05, 0) is 49.1 Å². The van der Waals surface area contributed by atoms with E-state index in [-0.39, 0.29) is 11.8 Å². The lowest BCUT2D eigenvalue weighted by atomic mass is 10.0. The number of thiophene rings is 1. The monoisotopic (exact) mass is 370 g/mol. The smallest absolute Gasteiger partial charge is 0.249 e. The number of hydrogen-bond donors (Lipinski definition) is 1. The van der Waals surface area contributed by atoms with Gasteiger partial charge in [-0.1, -0.05) is 36.4 Å². The number of likely N-dealkylation sites (tertiary alicyclic amines) is 1. The summed E-state index contributed by atoms with van der Waals surface area (Å²) < 4.78 is 0. The second-order valence-corrected chi connectivity index (χ2v) is 7.76. The van der Waals surface area contributed by atoms with Crippen molar-refractivity contribution < 1.29 is 9.59 Å². The van der Waals surface area contributed by atoms with Crippen LogP contribution in [0.15, 0.2) is 47.8 Å². The molecule has 1 N–H and O–H groups in total. The maximum Gasteiger partial charge on any atom is 0.249 e. The van der Waals surface area contributed by atoms with Gasteiger partial charge in [-0.15, -0.1) is 11.3 Å². The molecule has 0 radical (unpaired) electrons. The quantitative estimate of drug-likeness (QED) is 0.716. The number of benzene rings is 1. The fourth-order valence-corrected chi connectivity index (χ4v) is 4.08. The van der Waals surface area contributed by atoms with Crippen molar-refractivity contribution in [2.75, 3.05) is 13.1 Å². The van der Waals surface area contributed by atoms with Crippen molar-refractivity contribution in [1.29, 1.82) is 0 Å². The number of carbonyl (C=O) groups is 2. The van der Waals surface area contributed by atoms with Crippen molar-refractivity contribution in [2.45, 2.75) is 44.6 Å². The number of aryl methyl sites for hydroxylation is 1. The Labute approximate surface area is 159 Å². The highest BCUT2D eigenvalue weighted by atomic mass is 32.1. The van der Waals surface area contributed by atoms with Crippen LogP contribution in [0.1, 0.15) is 48.6 Å². The molecule has 138 valence electrons. The molecule has 3 rings (SSSR count). The van der Waals surface area contributed by atoms with Gasteiger partial charge in [0, 0.05) is 24.4 Å². The zero-order valence-electron chi connectivity index (χ0n) is 15.0. The number of hydrogen-bond acceptors (Lipinski definition) is 3. The van der Waals surface area contributed by atoms with Crippen molar-refractivity contribution in [3.63, 3.8) is 0 Å². The van der Waals surface area contributed by atoms with Crippen molar-refractivity contribution in [3.05, 3.63) is 58.3 Å². The van der Waals surface area contributed by atoms with E-state index in [0.29, 0.717) is 6.42 Å². The third-order valence-corrected chi connectivity index (χ3v) is 5.70. The van der Waals surface area contributed by atoms with Gasteiger partial charge in [0.15, 0.2) is 0 Å². The molecule has 2 heterocycles. The Morgan fingerprint density at radius 2 is 1.81 bits per heavy atom. The standard InChI is InChI=1S/C21H26N2O2S/c24-19(13-5-4-11-18-12-8-16-26-18)22-20(17-9-2-1-3-10-17)21(25)23-14-6-7-15-23/h1-3,8-10,12,16,20H,4-7,11,13-15H2,(H,22,24)/t20-/m0/s1. The van der Waals surface area contributed by atoms with Gasteiger partial charge in [0.2, 0.25) is 11.8 Å². The zero-order chi connectivity index (χ0) is 18.2. The molecule has 1 aliphatic heterocycles. The lowest BCUT2D eigenvalue weighted by Gasteiger charge is -2.24. The summed E-state index contributed by atoms with van der Waals surface area (Å²) in [5.41, 5.74) is 0.858. The van der Waals surface area contributed by atoms with Gasteiger partial charge in [-0.2, -0.15) is 0 Å². The zero-order valence-corrected chi connectivity index (χ0v) is 15.8. The van der Waals surface area contributed by atoms with Crippen LogP contribution in [0.5, 0.6) is 0 Å². The molecule has 26 heavy (non-hydrogen) atoms. The molecule has 0 unspecified atom stereocenters. The van der Waals surface area contributed by atoms with Gasteiger partial charge in [0.05, 0.1) is 0 Å². The van der Waals surface area contributed by atoms with Crippen molar-refractivity contribution in [1.82, 2.24) is 10.2 Å². The Morgan fingerprint density at radius 1 is 1.04 bits per heavy atom. The van der Waals surface area contributed by atoms with Crippen LogP contribution in [0.2, 0.25) is 0 Å². The summed E-state index contributed by atoms with van der Waals surface area (Å²) in [4.78, 5) is 28.5. The molecular weight excluding hydrogens is 344 g/mol. The third-order valence-electron chi connectivity index (χ3n) is 4.76. The summed E-state index contributed by atoms with van der Waals surface area (Å²) >= 11 is 1.76. The minimum Gasteiger partial charge on any atom is -0.341 e. The minimum absolute atomic E-state index is 0.0145. The van der Waals surface area contributed by atoms with Crippen molar-refractivity contribution >= 4 is 23.2 Å². The van der Waals surface area contributed by atoms with Crippen molar-refractivity contribution in [3.8, 4) is 0 Å². The molecule has 1 aliphatic rings. The minimum atomic E-state index is -0.570. The fraction of sp³-hybridized carbons (Fsp3) is 0.429. The van der Waals surface area contributed by atoms with E-state index >= 15 is 0 Å². The second kappa shape index (κ2) is 9.53. The van der Waals surface area contributed by atoms with Crippen LogP contribution in [0.3, 0.4) is 0 Å². The SMILES string of the molecule is O=C(CCCCc1cccs1)N[C@H](C(=O)N1CCCC1)c1ccccc1.